The van der Waals surface area contributed by atoms with Gasteiger partial charge in [0.15, 0.2) is 0 Å². The number of amides is 2. The van der Waals surface area contributed by atoms with Gasteiger partial charge in [-0.15, -0.1) is 0 Å². The van der Waals surface area contributed by atoms with Crippen LogP contribution in [0.2, 0.25) is 0 Å². The second kappa shape index (κ2) is 6.95. The van der Waals surface area contributed by atoms with Crippen LogP contribution in [0.1, 0.15) is 51.9 Å². The summed E-state index contributed by atoms with van der Waals surface area (Å²) >= 11 is 0. The van der Waals surface area contributed by atoms with E-state index >= 15 is 0 Å². The standard InChI is InChI=1S/C15H26N2O3/c1-2-3-11-4-6-13(7-5-11)16-15(20)17-9-8-12(10-17)14(18)19/h11-13H,2-10H2,1H3,(H,16,20)(H,18,19). The van der Waals surface area contributed by atoms with Crippen LogP contribution in [0.3, 0.4) is 0 Å². The van der Waals surface area contributed by atoms with E-state index in [9.17, 15) is 9.59 Å². The van der Waals surface area contributed by atoms with Gasteiger partial charge >= 0.3 is 12.0 Å². The van der Waals surface area contributed by atoms with Crippen LogP contribution in [-0.4, -0.2) is 41.1 Å². The van der Waals surface area contributed by atoms with Crippen molar-refractivity contribution < 1.29 is 14.7 Å². The van der Waals surface area contributed by atoms with E-state index in [0.717, 1.165) is 18.8 Å². The lowest BCUT2D eigenvalue weighted by molar-refractivity contribution is -0.141. The van der Waals surface area contributed by atoms with Gasteiger partial charge in [-0.1, -0.05) is 19.8 Å². The third kappa shape index (κ3) is 3.87. The molecule has 2 aliphatic rings. The van der Waals surface area contributed by atoms with Gasteiger partial charge in [-0.3, -0.25) is 4.79 Å². The summed E-state index contributed by atoms with van der Waals surface area (Å²) in [6, 6.07) is 0.201. The Morgan fingerprint density at radius 2 is 1.90 bits per heavy atom. The molecule has 1 unspecified atom stereocenters. The molecule has 1 atom stereocenters. The van der Waals surface area contributed by atoms with Crippen molar-refractivity contribution >= 4 is 12.0 Å². The maximum absolute atomic E-state index is 12.1. The van der Waals surface area contributed by atoms with Crippen molar-refractivity contribution in [2.24, 2.45) is 11.8 Å². The SMILES string of the molecule is CCCC1CCC(NC(=O)N2CCC(C(=O)O)C2)CC1. The molecule has 0 aromatic rings. The Morgan fingerprint density at radius 3 is 2.45 bits per heavy atom. The molecule has 2 fully saturated rings. The first-order valence-electron chi connectivity index (χ1n) is 7.88. The minimum absolute atomic E-state index is 0.0762. The van der Waals surface area contributed by atoms with Gasteiger partial charge in [0.05, 0.1) is 5.92 Å². The molecule has 1 saturated heterocycles. The van der Waals surface area contributed by atoms with E-state index in [4.69, 9.17) is 5.11 Å². The number of carbonyl (C=O) groups is 2. The van der Waals surface area contributed by atoms with Crippen molar-refractivity contribution in [3.63, 3.8) is 0 Å². The maximum atomic E-state index is 12.1. The van der Waals surface area contributed by atoms with Crippen molar-refractivity contribution in [1.82, 2.24) is 10.2 Å². The normalized spacial score (nSPS) is 30.2. The topological polar surface area (TPSA) is 69.6 Å². The van der Waals surface area contributed by atoms with Crippen molar-refractivity contribution in [2.45, 2.75) is 57.9 Å². The van der Waals surface area contributed by atoms with Gasteiger partial charge in [-0.25, -0.2) is 4.79 Å². The number of urea groups is 1. The van der Waals surface area contributed by atoms with E-state index in [0.29, 0.717) is 19.5 Å². The maximum Gasteiger partial charge on any atom is 0.317 e. The largest absolute Gasteiger partial charge is 0.481 e. The zero-order valence-electron chi connectivity index (χ0n) is 12.3. The lowest BCUT2D eigenvalue weighted by atomic mass is 9.83. The number of likely N-dealkylation sites (tertiary alicyclic amines) is 1. The van der Waals surface area contributed by atoms with Gasteiger partial charge in [0.2, 0.25) is 0 Å². The van der Waals surface area contributed by atoms with Crippen molar-refractivity contribution in [2.75, 3.05) is 13.1 Å². The first-order chi connectivity index (χ1) is 9.60. The number of carbonyl (C=O) groups excluding carboxylic acids is 1. The summed E-state index contributed by atoms with van der Waals surface area (Å²) in [5.74, 6) is -0.349. The van der Waals surface area contributed by atoms with Crippen LogP contribution >= 0.6 is 0 Å². The molecule has 0 aromatic heterocycles. The molecule has 1 heterocycles. The Morgan fingerprint density at radius 1 is 1.20 bits per heavy atom. The molecule has 0 bridgehead atoms. The number of aliphatic carboxylic acids is 1. The molecule has 5 nitrogen and oxygen atoms in total. The lowest BCUT2D eigenvalue weighted by Crippen LogP contribution is -2.45. The Balaban J connectivity index is 1.72. The fraction of sp³-hybridized carbons (Fsp3) is 0.867. The first kappa shape index (κ1) is 15.1. The Kier molecular flexibility index (Phi) is 5.26. The van der Waals surface area contributed by atoms with Crippen LogP contribution in [0.25, 0.3) is 0 Å². The molecule has 0 spiro atoms. The summed E-state index contributed by atoms with van der Waals surface area (Å²) in [6.07, 6.45) is 7.65. The number of rotatable bonds is 4. The Hall–Kier alpha value is -1.26. The summed E-state index contributed by atoms with van der Waals surface area (Å²) in [5, 5.41) is 12.0. The highest BCUT2D eigenvalue weighted by Gasteiger charge is 2.32. The van der Waals surface area contributed by atoms with Crippen molar-refractivity contribution in [3.05, 3.63) is 0 Å². The summed E-state index contributed by atoms with van der Waals surface area (Å²) < 4.78 is 0. The molecule has 2 amide bonds. The Bertz CT molecular complexity index is 351. The second-order valence-corrected chi connectivity index (χ2v) is 6.23. The number of carboxylic acid groups (broad SMARTS) is 1. The Labute approximate surface area is 120 Å². The van der Waals surface area contributed by atoms with Crippen LogP contribution < -0.4 is 5.32 Å². The van der Waals surface area contributed by atoms with Gasteiger partial charge in [0.1, 0.15) is 0 Å². The minimum Gasteiger partial charge on any atom is -0.481 e. The van der Waals surface area contributed by atoms with E-state index in [1.165, 1.54) is 25.7 Å². The predicted octanol–water partition coefficient (Wildman–Crippen LogP) is 2.46. The average Bonchev–Trinajstić information content (AvgIpc) is 2.91. The quantitative estimate of drug-likeness (QED) is 0.832. The fourth-order valence-electron chi connectivity index (χ4n) is 3.42. The highest BCUT2D eigenvalue weighted by molar-refractivity contribution is 5.77. The molecular formula is C15H26N2O3. The number of nitrogens with zero attached hydrogens (tertiary/aromatic N) is 1. The lowest BCUT2D eigenvalue weighted by Gasteiger charge is -2.30. The zero-order chi connectivity index (χ0) is 14.5. The van der Waals surface area contributed by atoms with E-state index in [2.05, 4.69) is 12.2 Å². The van der Waals surface area contributed by atoms with E-state index in [-0.39, 0.29) is 18.0 Å². The van der Waals surface area contributed by atoms with Gasteiger partial charge in [-0.05, 0) is 38.0 Å². The molecule has 5 heteroatoms. The molecular weight excluding hydrogens is 256 g/mol. The number of nitrogens with one attached hydrogen (secondary N) is 1. The van der Waals surface area contributed by atoms with Gasteiger partial charge in [-0.2, -0.15) is 0 Å². The average molecular weight is 282 g/mol. The molecule has 0 radical (unpaired) electrons. The van der Waals surface area contributed by atoms with Crippen LogP contribution in [0, 0.1) is 11.8 Å². The summed E-state index contributed by atoms with van der Waals surface area (Å²) in [6.45, 7) is 3.14. The zero-order valence-corrected chi connectivity index (χ0v) is 12.3. The van der Waals surface area contributed by atoms with Crippen molar-refractivity contribution in [1.29, 1.82) is 0 Å². The van der Waals surface area contributed by atoms with Gasteiger partial charge in [0, 0.05) is 19.1 Å². The molecule has 20 heavy (non-hydrogen) atoms. The smallest absolute Gasteiger partial charge is 0.317 e. The number of hydrogen-bond acceptors (Lipinski definition) is 2. The minimum atomic E-state index is -0.791. The van der Waals surface area contributed by atoms with Crippen LogP contribution in [-0.2, 0) is 4.79 Å². The third-order valence-corrected chi connectivity index (χ3v) is 4.70. The van der Waals surface area contributed by atoms with E-state index in [1.807, 2.05) is 0 Å². The molecule has 2 rings (SSSR count). The summed E-state index contributed by atoms with van der Waals surface area (Å²) in [5.41, 5.74) is 0. The van der Waals surface area contributed by atoms with Gasteiger partial charge in [0.25, 0.3) is 0 Å². The predicted molar refractivity (Wildman–Crippen MR) is 76.5 cm³/mol. The fourth-order valence-corrected chi connectivity index (χ4v) is 3.42. The molecule has 1 aliphatic heterocycles. The van der Waals surface area contributed by atoms with Crippen LogP contribution in [0.15, 0.2) is 0 Å². The molecule has 114 valence electrons. The van der Waals surface area contributed by atoms with Crippen LogP contribution in [0.4, 0.5) is 4.79 Å². The van der Waals surface area contributed by atoms with Gasteiger partial charge < -0.3 is 15.3 Å². The van der Waals surface area contributed by atoms with Crippen molar-refractivity contribution in [3.8, 4) is 0 Å². The number of carboxylic acids is 1. The highest BCUT2D eigenvalue weighted by atomic mass is 16.4. The number of hydrogen-bond donors (Lipinski definition) is 2. The molecule has 0 aromatic carbocycles. The highest BCUT2D eigenvalue weighted by Crippen LogP contribution is 2.28. The molecule has 1 saturated carbocycles. The van der Waals surface area contributed by atoms with E-state index < -0.39 is 5.97 Å². The molecule has 2 N–H and O–H groups in total. The third-order valence-electron chi connectivity index (χ3n) is 4.70. The van der Waals surface area contributed by atoms with Crippen LogP contribution in [0.5, 0.6) is 0 Å². The van der Waals surface area contributed by atoms with E-state index in [1.54, 1.807) is 4.90 Å². The summed E-state index contributed by atoms with van der Waals surface area (Å²) in [4.78, 5) is 24.7. The first-order valence-corrected chi connectivity index (χ1v) is 7.88. The summed E-state index contributed by atoms with van der Waals surface area (Å²) in [7, 11) is 0. The second-order valence-electron chi connectivity index (χ2n) is 6.23. The molecule has 1 aliphatic carbocycles. The monoisotopic (exact) mass is 282 g/mol.